The van der Waals surface area contributed by atoms with Crippen LogP contribution in [0.3, 0.4) is 0 Å². The van der Waals surface area contributed by atoms with Gasteiger partial charge in [0, 0.05) is 6.20 Å². The van der Waals surface area contributed by atoms with Crippen molar-refractivity contribution >= 4 is 51.1 Å². The highest BCUT2D eigenvalue weighted by Crippen LogP contribution is 2.39. The zero-order valence-electron chi connectivity index (χ0n) is 6.67. The van der Waals surface area contributed by atoms with Crippen molar-refractivity contribution in [2.75, 3.05) is 3.11 Å². The minimum atomic E-state index is 0.386. The smallest absolute Gasteiger partial charge is 0.153 e. The Hall–Kier alpha value is 0.0200. The summed E-state index contributed by atoms with van der Waals surface area (Å²) in [5.74, 6) is 0.386. The highest BCUT2D eigenvalue weighted by molar-refractivity contribution is 14.1. The maximum Gasteiger partial charge on any atom is 0.153 e. The number of anilines is 1. The fourth-order valence-corrected chi connectivity index (χ4v) is 2.55. The average Bonchev–Trinajstić information content (AvgIpc) is 2.12. The lowest BCUT2D eigenvalue weighted by atomic mass is 10.1. The number of allylic oxidation sites excluding steroid dienone is 1. The molecule has 0 aromatic heterocycles. The molecule has 4 heteroatoms. The van der Waals surface area contributed by atoms with E-state index in [9.17, 15) is 5.11 Å². The van der Waals surface area contributed by atoms with Gasteiger partial charge in [0.15, 0.2) is 5.75 Å². The lowest BCUT2D eigenvalue weighted by Gasteiger charge is -2.21. The monoisotopic (exact) mass is 399 g/mol. The molecule has 68 valence electrons. The molecule has 0 radical (unpaired) electrons. The number of phenolic OH excluding ortho intramolecular Hbond substituents is 1. The molecule has 0 unspecified atom stereocenters. The molecule has 0 spiro atoms. The average molecular weight is 399 g/mol. The van der Waals surface area contributed by atoms with Crippen LogP contribution in [0, 0.1) is 3.57 Å². The molecule has 0 saturated heterocycles. The van der Waals surface area contributed by atoms with Gasteiger partial charge in [-0.25, -0.2) is 0 Å². The van der Waals surface area contributed by atoms with Gasteiger partial charge in [0.25, 0.3) is 0 Å². The fraction of sp³-hybridized carbons (Fsp3) is 0.111. The molecule has 1 aliphatic heterocycles. The van der Waals surface area contributed by atoms with Crippen LogP contribution in [-0.4, -0.2) is 5.11 Å². The minimum Gasteiger partial charge on any atom is -0.505 e. The number of hydrogen-bond acceptors (Lipinski definition) is 2. The van der Waals surface area contributed by atoms with Gasteiger partial charge in [0.2, 0.25) is 0 Å². The summed E-state index contributed by atoms with van der Waals surface area (Å²) >= 11 is 4.31. The van der Waals surface area contributed by atoms with Gasteiger partial charge in [-0.15, -0.1) is 0 Å². The summed E-state index contributed by atoms with van der Waals surface area (Å²) in [5.41, 5.74) is 2.10. The van der Waals surface area contributed by atoms with Crippen LogP contribution in [0.5, 0.6) is 5.75 Å². The Kier molecular flexibility index (Phi) is 2.68. The summed E-state index contributed by atoms with van der Waals surface area (Å²) in [5, 5.41) is 9.83. The lowest BCUT2D eigenvalue weighted by molar-refractivity contribution is 0.472. The van der Waals surface area contributed by atoms with E-state index in [2.05, 4.69) is 57.6 Å². The molecule has 13 heavy (non-hydrogen) atoms. The van der Waals surface area contributed by atoms with Crippen LogP contribution in [0.2, 0.25) is 0 Å². The van der Waals surface area contributed by atoms with Gasteiger partial charge in [-0.2, -0.15) is 0 Å². The van der Waals surface area contributed by atoms with E-state index in [1.807, 2.05) is 15.4 Å². The molecule has 1 aromatic carbocycles. The van der Waals surface area contributed by atoms with Crippen LogP contribution < -0.4 is 3.11 Å². The molecular formula is C9H7I2NO. The second kappa shape index (κ2) is 3.64. The van der Waals surface area contributed by atoms with E-state index in [4.69, 9.17) is 0 Å². The van der Waals surface area contributed by atoms with E-state index in [0.29, 0.717) is 5.75 Å². The standard InChI is InChI=1S/C9H7I2NO/c10-7-4-3-6-2-1-5-12(11)8(6)9(7)13/h1,3-5,13H,2H2. The number of benzene rings is 1. The molecule has 0 atom stereocenters. The summed E-state index contributed by atoms with van der Waals surface area (Å²) in [4.78, 5) is 0. The summed E-state index contributed by atoms with van der Waals surface area (Å²) in [6.07, 6.45) is 4.96. The Bertz CT molecular complexity index is 376. The lowest BCUT2D eigenvalue weighted by Crippen LogP contribution is -2.07. The maximum atomic E-state index is 9.83. The summed E-state index contributed by atoms with van der Waals surface area (Å²) in [6.45, 7) is 0. The predicted molar refractivity (Wildman–Crippen MR) is 70.2 cm³/mol. The van der Waals surface area contributed by atoms with E-state index in [-0.39, 0.29) is 0 Å². The zero-order chi connectivity index (χ0) is 9.42. The van der Waals surface area contributed by atoms with Crippen molar-refractivity contribution in [3.05, 3.63) is 33.5 Å². The molecule has 2 rings (SSSR count). The van der Waals surface area contributed by atoms with Crippen LogP contribution in [0.25, 0.3) is 0 Å². The van der Waals surface area contributed by atoms with Gasteiger partial charge in [-0.1, -0.05) is 12.1 Å². The Morgan fingerprint density at radius 3 is 2.92 bits per heavy atom. The first-order chi connectivity index (χ1) is 6.20. The van der Waals surface area contributed by atoms with E-state index in [1.54, 1.807) is 0 Å². The van der Waals surface area contributed by atoms with Gasteiger partial charge >= 0.3 is 0 Å². The first kappa shape index (κ1) is 9.57. The highest BCUT2D eigenvalue weighted by Gasteiger charge is 2.16. The molecule has 1 aliphatic rings. The predicted octanol–water partition coefficient (Wildman–Crippen LogP) is 3.22. The number of phenols is 1. The Morgan fingerprint density at radius 2 is 2.15 bits per heavy atom. The Balaban J connectivity index is 2.63. The quantitative estimate of drug-likeness (QED) is 0.535. The first-order valence-corrected chi connectivity index (χ1v) is 5.86. The second-order valence-electron chi connectivity index (χ2n) is 2.80. The van der Waals surface area contributed by atoms with E-state index in [0.717, 1.165) is 15.7 Å². The van der Waals surface area contributed by atoms with Crippen LogP contribution in [0.15, 0.2) is 24.4 Å². The third-order valence-corrected chi connectivity index (χ3v) is 3.65. The molecule has 1 N–H and O–H groups in total. The molecule has 0 bridgehead atoms. The molecule has 0 fully saturated rings. The molecule has 2 nitrogen and oxygen atoms in total. The van der Waals surface area contributed by atoms with Crippen molar-refractivity contribution in [1.82, 2.24) is 0 Å². The topological polar surface area (TPSA) is 23.5 Å². The number of rotatable bonds is 0. The number of hydrogen-bond donors (Lipinski definition) is 1. The molecular weight excluding hydrogens is 392 g/mol. The van der Waals surface area contributed by atoms with Crippen molar-refractivity contribution in [1.29, 1.82) is 0 Å². The minimum absolute atomic E-state index is 0.386. The summed E-state index contributed by atoms with van der Waals surface area (Å²) in [6, 6.07) is 4.00. The first-order valence-electron chi connectivity index (χ1n) is 3.82. The van der Waals surface area contributed by atoms with Gasteiger partial charge in [-0.3, -0.25) is 3.11 Å². The SMILES string of the molecule is Oc1c(I)ccc2c1N(I)C=CC2. The summed E-state index contributed by atoms with van der Waals surface area (Å²) in [7, 11) is 0. The summed E-state index contributed by atoms with van der Waals surface area (Å²) < 4.78 is 2.82. The normalized spacial score (nSPS) is 14.5. The van der Waals surface area contributed by atoms with Crippen LogP contribution in [0.4, 0.5) is 5.69 Å². The fourth-order valence-electron chi connectivity index (χ4n) is 1.35. The van der Waals surface area contributed by atoms with Crippen molar-refractivity contribution in [3.8, 4) is 5.75 Å². The van der Waals surface area contributed by atoms with E-state index >= 15 is 0 Å². The third-order valence-electron chi connectivity index (χ3n) is 1.97. The van der Waals surface area contributed by atoms with Gasteiger partial charge < -0.3 is 5.11 Å². The van der Waals surface area contributed by atoms with Crippen molar-refractivity contribution in [2.24, 2.45) is 0 Å². The van der Waals surface area contributed by atoms with Crippen LogP contribution in [-0.2, 0) is 6.42 Å². The largest absolute Gasteiger partial charge is 0.505 e. The van der Waals surface area contributed by atoms with E-state index in [1.165, 1.54) is 5.56 Å². The number of halogens is 2. The zero-order valence-corrected chi connectivity index (χ0v) is 11.0. The number of nitrogens with zero attached hydrogens (tertiary/aromatic N) is 1. The maximum absolute atomic E-state index is 9.83. The van der Waals surface area contributed by atoms with Crippen molar-refractivity contribution in [3.63, 3.8) is 0 Å². The van der Waals surface area contributed by atoms with Crippen molar-refractivity contribution in [2.45, 2.75) is 6.42 Å². The van der Waals surface area contributed by atoms with Gasteiger partial charge in [-0.05, 0) is 40.6 Å². The van der Waals surface area contributed by atoms with Gasteiger partial charge in [0.1, 0.15) is 0 Å². The van der Waals surface area contributed by atoms with Crippen LogP contribution in [0.1, 0.15) is 5.56 Å². The van der Waals surface area contributed by atoms with E-state index < -0.39 is 0 Å². The number of aromatic hydroxyl groups is 1. The Morgan fingerprint density at radius 1 is 1.38 bits per heavy atom. The highest BCUT2D eigenvalue weighted by atomic mass is 127. The third kappa shape index (κ3) is 1.65. The molecule has 1 heterocycles. The molecule has 1 aromatic rings. The molecule has 0 aliphatic carbocycles. The second-order valence-corrected chi connectivity index (χ2v) is 5.01. The Labute approximate surface area is 104 Å². The number of fused-ring (bicyclic) bond motifs is 1. The van der Waals surface area contributed by atoms with Crippen molar-refractivity contribution < 1.29 is 5.11 Å². The molecule has 0 amide bonds. The van der Waals surface area contributed by atoms with Gasteiger partial charge in [0.05, 0.1) is 32.1 Å². The van der Waals surface area contributed by atoms with Crippen LogP contribution >= 0.6 is 45.5 Å². The molecule has 0 saturated carbocycles.